The molecule has 1 N–H and O–H groups in total. The van der Waals surface area contributed by atoms with Crippen molar-refractivity contribution in [2.45, 2.75) is 57.7 Å². The van der Waals surface area contributed by atoms with Gasteiger partial charge in [-0.3, -0.25) is 14.5 Å². The molecule has 0 spiro atoms. The van der Waals surface area contributed by atoms with E-state index in [1.54, 1.807) is 17.8 Å². The quantitative estimate of drug-likeness (QED) is 0.785. The Labute approximate surface area is 175 Å². The molecule has 1 unspecified atom stereocenters. The molecule has 0 saturated heterocycles. The van der Waals surface area contributed by atoms with Crippen LogP contribution in [0, 0.1) is 6.92 Å². The first-order chi connectivity index (χ1) is 14.5. The van der Waals surface area contributed by atoms with E-state index in [1.807, 2.05) is 6.92 Å². The van der Waals surface area contributed by atoms with Gasteiger partial charge in [-0.2, -0.15) is 18.3 Å². The Morgan fingerprint density at radius 1 is 1.42 bits per heavy atom. The number of aryl methyl sites for hydroxylation is 2. The van der Waals surface area contributed by atoms with Gasteiger partial charge in [0.25, 0.3) is 11.8 Å². The van der Waals surface area contributed by atoms with Gasteiger partial charge < -0.3 is 10.1 Å². The summed E-state index contributed by atoms with van der Waals surface area (Å²) in [6, 6.07) is 0.918. The van der Waals surface area contributed by atoms with E-state index in [-0.39, 0.29) is 24.0 Å². The molecule has 0 aromatic carbocycles. The van der Waals surface area contributed by atoms with E-state index in [4.69, 9.17) is 4.74 Å². The van der Waals surface area contributed by atoms with Gasteiger partial charge in [-0.05, 0) is 20.3 Å². The molecule has 2 aromatic rings. The molecule has 0 aliphatic carbocycles. The first kappa shape index (κ1) is 21.2. The van der Waals surface area contributed by atoms with Crippen LogP contribution in [-0.2, 0) is 28.3 Å². The smallest absolute Gasteiger partial charge is 0.364 e. The van der Waals surface area contributed by atoms with Crippen LogP contribution in [0.1, 0.15) is 47.3 Å². The highest BCUT2D eigenvalue weighted by Crippen LogP contribution is 2.42. The zero-order valence-electron chi connectivity index (χ0n) is 17.2. The van der Waals surface area contributed by atoms with Crippen LogP contribution in [0.2, 0.25) is 0 Å². The molecule has 2 amide bonds. The molecule has 2 atom stereocenters. The van der Waals surface area contributed by atoms with Crippen LogP contribution < -0.4 is 10.2 Å². The van der Waals surface area contributed by atoms with Crippen molar-refractivity contribution in [1.29, 1.82) is 0 Å². The lowest BCUT2D eigenvalue weighted by Crippen LogP contribution is -2.47. The van der Waals surface area contributed by atoms with Crippen LogP contribution in [-0.4, -0.2) is 50.8 Å². The summed E-state index contributed by atoms with van der Waals surface area (Å²) in [6.45, 7) is 3.45. The normalized spacial score (nSPS) is 23.4. The van der Waals surface area contributed by atoms with Crippen molar-refractivity contribution in [3.63, 3.8) is 0 Å². The Morgan fingerprint density at radius 2 is 2.16 bits per heavy atom. The molecule has 0 bridgehead atoms. The van der Waals surface area contributed by atoms with Crippen molar-refractivity contribution in [2.75, 3.05) is 11.9 Å². The minimum atomic E-state index is -4.47. The van der Waals surface area contributed by atoms with Gasteiger partial charge in [0, 0.05) is 31.4 Å². The maximum Gasteiger partial charge on any atom is 0.392 e. The molecule has 0 saturated carbocycles. The van der Waals surface area contributed by atoms with Crippen molar-refractivity contribution >= 4 is 17.6 Å². The molecular weight excluding hydrogens is 417 g/mol. The lowest BCUT2D eigenvalue weighted by molar-refractivity contribution is -0.185. The number of hydrogen-bond acceptors (Lipinski definition) is 6. The van der Waals surface area contributed by atoms with E-state index in [0.29, 0.717) is 24.3 Å². The monoisotopic (exact) mass is 438 g/mol. The Morgan fingerprint density at radius 3 is 2.87 bits per heavy atom. The van der Waals surface area contributed by atoms with Crippen LogP contribution in [0.25, 0.3) is 0 Å². The maximum absolute atomic E-state index is 13.0. The number of alkyl halides is 3. The molecule has 2 aliphatic rings. The fourth-order valence-electron chi connectivity index (χ4n) is 3.95. The minimum Gasteiger partial charge on any atom is -0.364 e. The predicted octanol–water partition coefficient (Wildman–Crippen LogP) is 1.84. The van der Waals surface area contributed by atoms with Gasteiger partial charge in [-0.1, -0.05) is 0 Å². The number of amides is 2. The van der Waals surface area contributed by atoms with Gasteiger partial charge in [0.15, 0.2) is 0 Å². The molecule has 0 radical (unpaired) electrons. The number of carbonyl (C=O) groups excluding carboxylic acids is 2. The lowest BCUT2D eigenvalue weighted by atomic mass is 9.96. The number of carbonyl (C=O) groups is 2. The van der Waals surface area contributed by atoms with Crippen LogP contribution in [0.5, 0.6) is 0 Å². The molecule has 9 nitrogen and oxygen atoms in total. The van der Waals surface area contributed by atoms with Crippen molar-refractivity contribution < 1.29 is 27.5 Å². The number of nitrogens with one attached hydrogen (secondary N) is 1. The van der Waals surface area contributed by atoms with Crippen LogP contribution in [0.3, 0.4) is 0 Å². The van der Waals surface area contributed by atoms with Crippen LogP contribution in [0.15, 0.2) is 12.3 Å². The molecular formula is C19H21F3N6O3. The average molecular weight is 438 g/mol. The number of halogens is 3. The highest BCUT2D eigenvalue weighted by Gasteiger charge is 2.47. The molecule has 4 rings (SSSR count). The van der Waals surface area contributed by atoms with E-state index >= 15 is 0 Å². The van der Waals surface area contributed by atoms with E-state index in [1.165, 1.54) is 18.0 Å². The van der Waals surface area contributed by atoms with Gasteiger partial charge in [-0.15, -0.1) is 0 Å². The number of aromatic nitrogens is 4. The molecule has 166 valence electrons. The van der Waals surface area contributed by atoms with Gasteiger partial charge in [-0.25, -0.2) is 14.6 Å². The second-order valence-electron chi connectivity index (χ2n) is 7.96. The number of anilines is 1. The third kappa shape index (κ3) is 3.99. The summed E-state index contributed by atoms with van der Waals surface area (Å²) in [5, 5.41) is 6.93. The van der Waals surface area contributed by atoms with Crippen molar-refractivity contribution in [3.05, 3.63) is 35.0 Å². The summed E-state index contributed by atoms with van der Waals surface area (Å²) >= 11 is 0. The second-order valence-corrected chi connectivity index (χ2v) is 7.96. The van der Waals surface area contributed by atoms with Crippen molar-refractivity contribution in [3.8, 4) is 0 Å². The number of hydrogen-bond donors (Lipinski definition) is 1. The first-order valence-electron chi connectivity index (χ1n) is 9.67. The van der Waals surface area contributed by atoms with Crippen molar-refractivity contribution in [2.24, 2.45) is 0 Å². The van der Waals surface area contributed by atoms with Crippen molar-refractivity contribution in [1.82, 2.24) is 25.1 Å². The van der Waals surface area contributed by atoms with Gasteiger partial charge >= 0.3 is 6.18 Å². The van der Waals surface area contributed by atoms with Gasteiger partial charge in [0.05, 0.1) is 24.4 Å². The zero-order chi connectivity index (χ0) is 22.6. The Hall–Kier alpha value is -3.02. The zero-order valence-corrected chi connectivity index (χ0v) is 17.2. The summed E-state index contributed by atoms with van der Waals surface area (Å²) in [7, 11) is 1.59. The maximum atomic E-state index is 13.0. The topological polar surface area (TPSA) is 102 Å². The summed E-state index contributed by atoms with van der Waals surface area (Å²) < 4.78 is 46.0. The molecule has 2 aromatic heterocycles. The van der Waals surface area contributed by atoms with E-state index in [0.717, 1.165) is 5.69 Å². The van der Waals surface area contributed by atoms with Crippen LogP contribution >= 0.6 is 0 Å². The SMILES string of the molecule is Cc1cc2n(n1)CCC(NC(=O)c1ncc3c(n1)[C@@](C)(CC(F)(F)F)OC3)C(=O)N2C. The van der Waals surface area contributed by atoms with Gasteiger partial charge in [0.1, 0.15) is 17.5 Å². The Bertz CT molecular complexity index is 1050. The number of ether oxygens (including phenoxy) is 1. The third-order valence-corrected chi connectivity index (χ3v) is 5.44. The average Bonchev–Trinajstić information content (AvgIpc) is 3.19. The fraction of sp³-hybridized carbons (Fsp3) is 0.526. The number of fused-ring (bicyclic) bond motifs is 2. The predicted molar refractivity (Wildman–Crippen MR) is 101 cm³/mol. The summed E-state index contributed by atoms with van der Waals surface area (Å²) in [5.41, 5.74) is -0.496. The summed E-state index contributed by atoms with van der Waals surface area (Å²) in [6.07, 6.45) is -4.12. The highest BCUT2D eigenvalue weighted by atomic mass is 19.4. The Kier molecular flexibility index (Phi) is 4.99. The summed E-state index contributed by atoms with van der Waals surface area (Å²) in [5.74, 6) is -0.774. The molecule has 2 aliphatic heterocycles. The molecule has 4 heterocycles. The van der Waals surface area contributed by atoms with E-state index in [9.17, 15) is 22.8 Å². The molecule has 0 fully saturated rings. The van der Waals surface area contributed by atoms with Crippen LogP contribution in [0.4, 0.5) is 19.0 Å². The third-order valence-electron chi connectivity index (χ3n) is 5.44. The largest absolute Gasteiger partial charge is 0.392 e. The lowest BCUT2D eigenvalue weighted by Gasteiger charge is -2.25. The number of rotatable bonds is 3. The van der Waals surface area contributed by atoms with Gasteiger partial charge in [0.2, 0.25) is 5.82 Å². The summed E-state index contributed by atoms with van der Waals surface area (Å²) in [4.78, 5) is 35.0. The number of likely N-dealkylation sites (N-methyl/N-ethyl adjacent to an activating group) is 1. The minimum absolute atomic E-state index is 0.0323. The van der Waals surface area contributed by atoms with E-state index < -0.39 is 30.1 Å². The second kappa shape index (κ2) is 7.29. The number of nitrogens with zero attached hydrogens (tertiary/aromatic N) is 5. The van der Waals surface area contributed by atoms with E-state index in [2.05, 4.69) is 20.4 Å². The highest BCUT2D eigenvalue weighted by molar-refractivity contribution is 6.00. The molecule has 31 heavy (non-hydrogen) atoms. The first-order valence-corrected chi connectivity index (χ1v) is 9.67. The Balaban J connectivity index is 1.54. The fourth-order valence-corrected chi connectivity index (χ4v) is 3.95. The molecule has 12 heteroatoms. The standard InChI is InChI=1S/C19H21F3N6O3/c1-10-6-13-27(3)17(30)12(4-5-28(13)26-10)24-16(29)15-23-7-11-8-31-18(2,14(11)25-15)9-19(20,21)22/h6-7,12H,4-5,8-9H2,1-3H3,(H,24,29)/t12?,18-/m1/s1.